The number of nitrogens with zero attached hydrogens (tertiary/aromatic N) is 1. The van der Waals surface area contributed by atoms with Crippen LogP contribution in [-0.4, -0.2) is 11.6 Å². The van der Waals surface area contributed by atoms with Crippen molar-refractivity contribution in [3.05, 3.63) is 35.9 Å². The molecule has 0 aliphatic heterocycles. The Morgan fingerprint density at radius 2 is 2.00 bits per heavy atom. The van der Waals surface area contributed by atoms with Crippen LogP contribution in [0.2, 0.25) is 0 Å². The normalized spacial score (nSPS) is 9.75. The maximum Gasteiger partial charge on any atom is 0.0741 e. The molecule has 0 bridgehead atoms. The number of nitrogens with two attached hydrogens (primary N) is 1. The minimum Gasteiger partial charge on any atom is -0.268 e. The first-order valence-electron chi connectivity index (χ1n) is 3.80. The van der Waals surface area contributed by atoms with Crippen LogP contribution >= 0.6 is 0 Å². The van der Waals surface area contributed by atoms with E-state index < -0.39 is 0 Å². The molecule has 0 aliphatic rings. The molecule has 0 saturated carbocycles. The maximum absolute atomic E-state index is 5.61. The Morgan fingerprint density at radius 3 is 2.58 bits per heavy atom. The Labute approximate surface area is 73.0 Å². The van der Waals surface area contributed by atoms with E-state index in [0.717, 1.165) is 0 Å². The number of terminal acetylenes is 1. The van der Waals surface area contributed by atoms with Crippen LogP contribution in [0.25, 0.3) is 0 Å². The van der Waals surface area contributed by atoms with Gasteiger partial charge in [0.25, 0.3) is 0 Å². The highest BCUT2D eigenvalue weighted by Crippen LogP contribution is 1.99. The summed E-state index contributed by atoms with van der Waals surface area (Å²) in [5.74, 6) is 8.10. The molecule has 0 atom stereocenters. The Hall–Kier alpha value is -1.30. The average molecular weight is 160 g/mol. The van der Waals surface area contributed by atoms with E-state index in [9.17, 15) is 0 Å². The van der Waals surface area contributed by atoms with Crippen molar-refractivity contribution in [3.8, 4) is 12.3 Å². The van der Waals surface area contributed by atoms with E-state index in [0.29, 0.717) is 13.1 Å². The van der Waals surface area contributed by atoms with Crippen molar-refractivity contribution >= 4 is 0 Å². The monoisotopic (exact) mass is 160 g/mol. The van der Waals surface area contributed by atoms with Crippen LogP contribution in [0.5, 0.6) is 0 Å². The molecule has 0 unspecified atom stereocenters. The van der Waals surface area contributed by atoms with Crippen molar-refractivity contribution in [2.45, 2.75) is 6.54 Å². The van der Waals surface area contributed by atoms with E-state index in [4.69, 9.17) is 12.3 Å². The number of hydrogen-bond acceptors (Lipinski definition) is 2. The van der Waals surface area contributed by atoms with Crippen molar-refractivity contribution in [3.63, 3.8) is 0 Å². The fourth-order valence-corrected chi connectivity index (χ4v) is 0.991. The van der Waals surface area contributed by atoms with Crippen LogP contribution in [0.1, 0.15) is 5.56 Å². The lowest BCUT2D eigenvalue weighted by Gasteiger charge is -2.12. The molecule has 2 nitrogen and oxygen atoms in total. The van der Waals surface area contributed by atoms with Crippen LogP contribution in [-0.2, 0) is 6.54 Å². The molecule has 2 heteroatoms. The van der Waals surface area contributed by atoms with E-state index in [1.54, 1.807) is 5.01 Å². The highest BCUT2D eigenvalue weighted by molar-refractivity contribution is 5.14. The second-order valence-corrected chi connectivity index (χ2v) is 2.59. The van der Waals surface area contributed by atoms with Gasteiger partial charge in [0.05, 0.1) is 6.54 Å². The van der Waals surface area contributed by atoms with Crippen LogP contribution in [0.4, 0.5) is 0 Å². The zero-order valence-corrected chi connectivity index (χ0v) is 6.90. The summed E-state index contributed by atoms with van der Waals surface area (Å²) in [7, 11) is 0. The number of rotatable bonds is 3. The highest BCUT2D eigenvalue weighted by Gasteiger charge is 1.96. The molecule has 0 saturated heterocycles. The van der Waals surface area contributed by atoms with Gasteiger partial charge in [0, 0.05) is 6.54 Å². The fraction of sp³-hybridized carbons (Fsp3) is 0.200. The predicted molar refractivity (Wildman–Crippen MR) is 49.9 cm³/mol. The molecule has 1 rings (SSSR count). The Morgan fingerprint density at radius 1 is 1.33 bits per heavy atom. The molecule has 1 aromatic carbocycles. The van der Waals surface area contributed by atoms with Gasteiger partial charge in [0.2, 0.25) is 0 Å². The quantitative estimate of drug-likeness (QED) is 0.406. The van der Waals surface area contributed by atoms with Gasteiger partial charge in [-0.3, -0.25) is 5.84 Å². The molecule has 2 N–H and O–H groups in total. The van der Waals surface area contributed by atoms with Gasteiger partial charge in [-0.25, -0.2) is 5.01 Å². The van der Waals surface area contributed by atoms with Crippen LogP contribution < -0.4 is 5.84 Å². The summed E-state index contributed by atoms with van der Waals surface area (Å²) in [5, 5.41) is 1.61. The SMILES string of the molecule is C#CCN(N)Cc1ccccc1. The van der Waals surface area contributed by atoms with Crippen molar-refractivity contribution in [2.24, 2.45) is 5.84 Å². The first-order chi connectivity index (χ1) is 5.83. The van der Waals surface area contributed by atoms with Crippen molar-refractivity contribution in [1.29, 1.82) is 0 Å². The van der Waals surface area contributed by atoms with Crippen molar-refractivity contribution < 1.29 is 0 Å². The van der Waals surface area contributed by atoms with Gasteiger partial charge in [0.1, 0.15) is 0 Å². The molecule has 0 fully saturated rings. The standard InChI is InChI=1S/C10H12N2/c1-2-8-12(11)9-10-6-4-3-5-7-10/h1,3-7H,8-9,11H2. The third kappa shape index (κ3) is 2.75. The first kappa shape index (κ1) is 8.79. The van der Waals surface area contributed by atoms with Crippen LogP contribution in [0, 0.1) is 12.3 Å². The smallest absolute Gasteiger partial charge is 0.0741 e. The second-order valence-electron chi connectivity index (χ2n) is 2.59. The molecule has 0 amide bonds. The summed E-state index contributed by atoms with van der Waals surface area (Å²) in [4.78, 5) is 0. The minimum atomic E-state index is 0.481. The summed E-state index contributed by atoms with van der Waals surface area (Å²) < 4.78 is 0. The van der Waals surface area contributed by atoms with Gasteiger partial charge >= 0.3 is 0 Å². The van der Waals surface area contributed by atoms with E-state index >= 15 is 0 Å². The average Bonchev–Trinajstić information content (AvgIpc) is 2.06. The number of hydrazine groups is 1. The number of benzene rings is 1. The predicted octanol–water partition coefficient (Wildman–Crippen LogP) is 0.996. The fourth-order valence-electron chi connectivity index (χ4n) is 0.991. The van der Waals surface area contributed by atoms with Crippen molar-refractivity contribution in [1.82, 2.24) is 5.01 Å². The number of hydrogen-bond donors (Lipinski definition) is 1. The summed E-state index contributed by atoms with van der Waals surface area (Å²) in [6.07, 6.45) is 5.11. The lowest BCUT2D eigenvalue weighted by Crippen LogP contribution is -2.30. The Kier molecular flexibility index (Phi) is 3.34. The maximum atomic E-state index is 5.61. The summed E-state index contributed by atoms with van der Waals surface area (Å²) in [6.45, 7) is 1.18. The summed E-state index contributed by atoms with van der Waals surface area (Å²) in [6, 6.07) is 10.00. The van der Waals surface area contributed by atoms with Crippen LogP contribution in [0.15, 0.2) is 30.3 Å². The van der Waals surface area contributed by atoms with Crippen molar-refractivity contribution in [2.75, 3.05) is 6.54 Å². The molecule has 1 aromatic rings. The Balaban J connectivity index is 2.48. The molecule has 12 heavy (non-hydrogen) atoms. The third-order valence-electron chi connectivity index (χ3n) is 1.52. The Bertz CT molecular complexity index is 261. The van der Waals surface area contributed by atoms with Gasteiger partial charge < -0.3 is 0 Å². The third-order valence-corrected chi connectivity index (χ3v) is 1.52. The zero-order chi connectivity index (χ0) is 8.81. The zero-order valence-electron chi connectivity index (χ0n) is 6.90. The summed E-state index contributed by atoms with van der Waals surface area (Å²) >= 11 is 0. The van der Waals surface area contributed by atoms with E-state index in [1.807, 2.05) is 30.3 Å². The molecular formula is C10H12N2. The molecule has 62 valence electrons. The first-order valence-corrected chi connectivity index (χ1v) is 3.80. The molecule has 0 aliphatic carbocycles. The van der Waals surface area contributed by atoms with E-state index in [-0.39, 0.29) is 0 Å². The lowest BCUT2D eigenvalue weighted by atomic mass is 10.2. The van der Waals surface area contributed by atoms with E-state index in [1.165, 1.54) is 5.56 Å². The second kappa shape index (κ2) is 4.55. The highest BCUT2D eigenvalue weighted by atomic mass is 15.4. The van der Waals surface area contributed by atoms with Gasteiger partial charge in [0.15, 0.2) is 0 Å². The largest absolute Gasteiger partial charge is 0.268 e. The molecule has 0 spiro atoms. The topological polar surface area (TPSA) is 29.3 Å². The summed E-state index contributed by atoms with van der Waals surface area (Å²) in [5.41, 5.74) is 1.18. The van der Waals surface area contributed by atoms with Gasteiger partial charge in [-0.15, -0.1) is 6.42 Å². The van der Waals surface area contributed by atoms with Gasteiger partial charge in [-0.2, -0.15) is 0 Å². The minimum absolute atomic E-state index is 0.481. The lowest BCUT2D eigenvalue weighted by molar-refractivity contribution is 0.311. The molecule has 0 aromatic heterocycles. The van der Waals surface area contributed by atoms with Crippen LogP contribution in [0.3, 0.4) is 0 Å². The van der Waals surface area contributed by atoms with Gasteiger partial charge in [-0.05, 0) is 5.56 Å². The van der Waals surface area contributed by atoms with Gasteiger partial charge in [-0.1, -0.05) is 36.3 Å². The molecular weight excluding hydrogens is 148 g/mol. The molecule has 0 radical (unpaired) electrons. The molecule has 0 heterocycles. The van der Waals surface area contributed by atoms with E-state index in [2.05, 4.69) is 5.92 Å².